The summed E-state index contributed by atoms with van der Waals surface area (Å²) >= 11 is 1.77. The molecule has 0 N–H and O–H groups in total. The standard InChI is InChI=1S/C19H21N7S/c1-24-17(12-25-10-8-20-13-25)22-23-18(24)14-5-4-9-26(11-14)19-21-15-6-2-3-7-16(15)27-19/h2-3,6-8,10,13-14H,4-5,9,11-12H2,1H3. The molecule has 0 amide bonds. The number of rotatable bonds is 4. The van der Waals surface area contributed by atoms with Crippen molar-refractivity contribution in [1.82, 2.24) is 29.3 Å². The molecule has 0 spiro atoms. The molecule has 4 heterocycles. The topological polar surface area (TPSA) is 64.7 Å². The van der Waals surface area contributed by atoms with Gasteiger partial charge in [0.25, 0.3) is 0 Å². The van der Waals surface area contributed by atoms with Gasteiger partial charge in [-0.25, -0.2) is 9.97 Å². The zero-order chi connectivity index (χ0) is 18.2. The first kappa shape index (κ1) is 16.4. The smallest absolute Gasteiger partial charge is 0.186 e. The molecular weight excluding hydrogens is 358 g/mol. The number of hydrogen-bond donors (Lipinski definition) is 0. The summed E-state index contributed by atoms with van der Waals surface area (Å²) in [6, 6.07) is 8.35. The molecule has 1 aromatic carbocycles. The van der Waals surface area contributed by atoms with E-state index in [1.807, 2.05) is 23.2 Å². The van der Waals surface area contributed by atoms with E-state index in [-0.39, 0.29) is 0 Å². The molecule has 4 aromatic rings. The Morgan fingerprint density at radius 3 is 3.00 bits per heavy atom. The molecule has 1 aliphatic heterocycles. The van der Waals surface area contributed by atoms with Crippen LogP contribution in [0.1, 0.15) is 30.4 Å². The highest BCUT2D eigenvalue weighted by molar-refractivity contribution is 7.22. The first-order valence-electron chi connectivity index (χ1n) is 9.22. The molecule has 1 atom stereocenters. The lowest BCUT2D eigenvalue weighted by Crippen LogP contribution is -2.35. The molecule has 8 heteroatoms. The van der Waals surface area contributed by atoms with Crippen molar-refractivity contribution in [2.45, 2.75) is 25.3 Å². The zero-order valence-corrected chi connectivity index (χ0v) is 16.0. The van der Waals surface area contributed by atoms with Crippen LogP contribution in [0.3, 0.4) is 0 Å². The molecule has 7 nitrogen and oxygen atoms in total. The maximum Gasteiger partial charge on any atom is 0.186 e. The maximum atomic E-state index is 4.83. The third kappa shape index (κ3) is 3.10. The first-order chi connectivity index (χ1) is 13.3. The van der Waals surface area contributed by atoms with Gasteiger partial charge >= 0.3 is 0 Å². The average Bonchev–Trinajstić information content (AvgIpc) is 3.43. The Bertz CT molecular complexity index is 1020. The van der Waals surface area contributed by atoms with E-state index in [0.29, 0.717) is 12.5 Å². The molecule has 1 aliphatic rings. The Morgan fingerprint density at radius 1 is 1.22 bits per heavy atom. The normalized spacial score (nSPS) is 17.7. The molecule has 138 valence electrons. The van der Waals surface area contributed by atoms with E-state index < -0.39 is 0 Å². The first-order valence-corrected chi connectivity index (χ1v) is 10.0. The fourth-order valence-corrected chi connectivity index (χ4v) is 4.77. The Balaban J connectivity index is 1.37. The van der Waals surface area contributed by atoms with Crippen LogP contribution in [0.5, 0.6) is 0 Å². The van der Waals surface area contributed by atoms with Crippen molar-refractivity contribution >= 4 is 26.7 Å². The summed E-state index contributed by atoms with van der Waals surface area (Å²) in [5, 5.41) is 10.1. The molecule has 5 rings (SSSR count). The van der Waals surface area contributed by atoms with Gasteiger partial charge in [0, 0.05) is 38.4 Å². The molecule has 0 saturated carbocycles. The summed E-state index contributed by atoms with van der Waals surface area (Å²) < 4.78 is 5.41. The number of anilines is 1. The third-order valence-electron chi connectivity index (χ3n) is 5.22. The second-order valence-corrected chi connectivity index (χ2v) is 8.03. The van der Waals surface area contributed by atoms with Crippen molar-refractivity contribution in [3.8, 4) is 0 Å². The average molecular weight is 379 g/mol. The minimum atomic E-state index is 0.375. The molecule has 0 aliphatic carbocycles. The minimum Gasteiger partial charge on any atom is -0.347 e. The van der Waals surface area contributed by atoms with Crippen molar-refractivity contribution in [3.63, 3.8) is 0 Å². The van der Waals surface area contributed by atoms with Crippen LogP contribution in [-0.2, 0) is 13.6 Å². The summed E-state index contributed by atoms with van der Waals surface area (Å²) in [6.45, 7) is 2.69. The van der Waals surface area contributed by atoms with Crippen LogP contribution in [-0.4, -0.2) is 42.4 Å². The number of aromatic nitrogens is 6. The van der Waals surface area contributed by atoms with Crippen LogP contribution < -0.4 is 4.90 Å². The van der Waals surface area contributed by atoms with Crippen molar-refractivity contribution in [2.75, 3.05) is 18.0 Å². The molecule has 1 fully saturated rings. The third-order valence-corrected chi connectivity index (χ3v) is 6.32. The monoisotopic (exact) mass is 379 g/mol. The Kier molecular flexibility index (Phi) is 4.12. The van der Waals surface area contributed by atoms with Gasteiger partial charge in [0.2, 0.25) is 0 Å². The van der Waals surface area contributed by atoms with Crippen LogP contribution in [0.2, 0.25) is 0 Å². The highest BCUT2D eigenvalue weighted by Gasteiger charge is 2.27. The number of benzene rings is 1. The van der Waals surface area contributed by atoms with E-state index >= 15 is 0 Å². The van der Waals surface area contributed by atoms with Gasteiger partial charge in [0.15, 0.2) is 11.0 Å². The molecule has 1 saturated heterocycles. The lowest BCUT2D eigenvalue weighted by atomic mass is 9.97. The minimum absolute atomic E-state index is 0.375. The second-order valence-electron chi connectivity index (χ2n) is 7.02. The van der Waals surface area contributed by atoms with Gasteiger partial charge < -0.3 is 14.0 Å². The van der Waals surface area contributed by atoms with Crippen LogP contribution in [0.25, 0.3) is 10.2 Å². The molecule has 0 bridgehead atoms. The van der Waals surface area contributed by atoms with E-state index in [2.05, 4.69) is 49.9 Å². The SMILES string of the molecule is Cn1c(Cn2ccnc2)nnc1C1CCCN(c2nc3ccccc3s2)C1. The molecule has 0 radical (unpaired) electrons. The van der Waals surface area contributed by atoms with E-state index in [4.69, 9.17) is 4.98 Å². The number of thiazole rings is 1. The van der Waals surface area contributed by atoms with E-state index in [1.165, 1.54) is 4.70 Å². The van der Waals surface area contributed by atoms with Crippen molar-refractivity contribution in [1.29, 1.82) is 0 Å². The predicted octanol–water partition coefficient (Wildman–Crippen LogP) is 3.05. The number of imidazole rings is 1. The number of fused-ring (bicyclic) bond motifs is 1. The van der Waals surface area contributed by atoms with Crippen LogP contribution in [0.4, 0.5) is 5.13 Å². The molecule has 27 heavy (non-hydrogen) atoms. The highest BCUT2D eigenvalue weighted by atomic mass is 32.1. The van der Waals surface area contributed by atoms with Gasteiger partial charge in [-0.3, -0.25) is 0 Å². The predicted molar refractivity (Wildman–Crippen MR) is 106 cm³/mol. The summed E-state index contributed by atoms with van der Waals surface area (Å²) in [5.74, 6) is 2.40. The Hall–Kier alpha value is -2.74. The number of hydrogen-bond acceptors (Lipinski definition) is 6. The zero-order valence-electron chi connectivity index (χ0n) is 15.2. The summed E-state index contributed by atoms with van der Waals surface area (Å²) in [5.41, 5.74) is 1.08. The van der Waals surface area contributed by atoms with Gasteiger partial charge in [-0.15, -0.1) is 10.2 Å². The summed E-state index contributed by atoms with van der Waals surface area (Å²) in [6.07, 6.45) is 7.82. The number of para-hydroxylation sites is 1. The van der Waals surface area contributed by atoms with Crippen LogP contribution >= 0.6 is 11.3 Å². The van der Waals surface area contributed by atoms with E-state index in [0.717, 1.165) is 48.2 Å². The Morgan fingerprint density at radius 2 is 2.15 bits per heavy atom. The lowest BCUT2D eigenvalue weighted by Gasteiger charge is -2.31. The van der Waals surface area contributed by atoms with Gasteiger partial charge in [-0.1, -0.05) is 23.5 Å². The second kappa shape index (κ2) is 6.77. The number of nitrogens with zero attached hydrogens (tertiary/aromatic N) is 7. The molecule has 1 unspecified atom stereocenters. The maximum absolute atomic E-state index is 4.83. The van der Waals surface area contributed by atoms with Crippen molar-refractivity contribution in [3.05, 3.63) is 54.6 Å². The lowest BCUT2D eigenvalue weighted by molar-refractivity contribution is 0.478. The quantitative estimate of drug-likeness (QED) is 0.545. The van der Waals surface area contributed by atoms with Gasteiger partial charge in [-0.05, 0) is 25.0 Å². The van der Waals surface area contributed by atoms with Crippen molar-refractivity contribution < 1.29 is 0 Å². The van der Waals surface area contributed by atoms with Gasteiger partial charge in [0.1, 0.15) is 5.82 Å². The van der Waals surface area contributed by atoms with E-state index in [1.54, 1.807) is 17.5 Å². The largest absolute Gasteiger partial charge is 0.347 e. The van der Waals surface area contributed by atoms with Crippen LogP contribution in [0.15, 0.2) is 43.0 Å². The summed E-state index contributed by atoms with van der Waals surface area (Å²) in [7, 11) is 2.07. The molecular formula is C19H21N7S. The fourth-order valence-electron chi connectivity index (χ4n) is 3.77. The highest BCUT2D eigenvalue weighted by Crippen LogP contribution is 2.33. The van der Waals surface area contributed by atoms with Crippen LogP contribution in [0, 0.1) is 0 Å². The summed E-state index contributed by atoms with van der Waals surface area (Å²) in [4.78, 5) is 11.3. The number of piperidine rings is 1. The Labute approximate surface area is 161 Å². The fraction of sp³-hybridized carbons (Fsp3) is 0.368. The molecule has 3 aromatic heterocycles. The van der Waals surface area contributed by atoms with Gasteiger partial charge in [-0.2, -0.15) is 0 Å². The van der Waals surface area contributed by atoms with Crippen molar-refractivity contribution in [2.24, 2.45) is 7.05 Å². The van der Waals surface area contributed by atoms with Gasteiger partial charge in [0.05, 0.1) is 23.1 Å². The van der Waals surface area contributed by atoms with E-state index in [9.17, 15) is 0 Å².